The van der Waals surface area contributed by atoms with E-state index in [2.05, 4.69) is 80.2 Å². The first kappa shape index (κ1) is 35.5. The summed E-state index contributed by atoms with van der Waals surface area (Å²) in [6.07, 6.45) is -3.52. The highest BCUT2D eigenvalue weighted by Crippen LogP contribution is 2.31. The average Bonchev–Trinajstić information content (AvgIpc) is 3.46. The second kappa shape index (κ2) is 16.0. The molecule has 3 amide bonds. The molecule has 0 saturated heterocycles. The maximum absolute atomic E-state index is 12.8. The van der Waals surface area contributed by atoms with Gasteiger partial charge in [0.2, 0.25) is 0 Å². The van der Waals surface area contributed by atoms with Crippen LogP contribution in [-0.4, -0.2) is 75.9 Å². The number of hydrogen-bond donors (Lipinski definition) is 3. The van der Waals surface area contributed by atoms with E-state index in [1.165, 1.54) is 27.4 Å². The van der Waals surface area contributed by atoms with Crippen LogP contribution in [0.15, 0.2) is 60.7 Å². The predicted molar refractivity (Wildman–Crippen MR) is 174 cm³/mol. The third-order valence-electron chi connectivity index (χ3n) is 7.39. The number of carbonyl (C=O) groups is 3. The summed E-state index contributed by atoms with van der Waals surface area (Å²) < 4.78 is 42.6. The number of nitrogens with zero attached hydrogens (tertiary/aromatic N) is 5. The molecule has 0 unspecified atom stereocenters. The summed E-state index contributed by atoms with van der Waals surface area (Å²) in [4.78, 5) is 38.1. The molecule has 4 aromatic rings. The quantitative estimate of drug-likeness (QED) is 0.130. The summed E-state index contributed by atoms with van der Waals surface area (Å²) in [7, 11) is 3.74. The number of anilines is 2. The molecule has 15 heteroatoms. The summed E-state index contributed by atoms with van der Waals surface area (Å²) >= 11 is 0. The Labute approximate surface area is 275 Å². The normalized spacial score (nSPS) is 11.3. The maximum Gasteiger partial charge on any atom is 0.490 e. The van der Waals surface area contributed by atoms with Crippen LogP contribution in [0.1, 0.15) is 29.5 Å². The number of unbranched alkanes of at least 4 members (excludes halogenated alkanes) is 1. The summed E-state index contributed by atoms with van der Waals surface area (Å²) in [5.41, 5.74) is 6.33. The number of tetrazole rings is 1. The molecule has 3 aromatic carbocycles. The third kappa shape index (κ3) is 10.4. The van der Waals surface area contributed by atoms with Crippen LogP contribution in [0.25, 0.3) is 22.5 Å². The zero-order valence-corrected chi connectivity index (χ0v) is 27.0. The zero-order valence-electron chi connectivity index (χ0n) is 27.0. The van der Waals surface area contributed by atoms with Gasteiger partial charge in [0.1, 0.15) is 0 Å². The largest absolute Gasteiger partial charge is 0.490 e. The highest BCUT2D eigenvalue weighted by Gasteiger charge is 2.41. The number of benzene rings is 3. The molecule has 0 aliphatic carbocycles. The van der Waals surface area contributed by atoms with Crippen LogP contribution in [0.4, 0.5) is 29.3 Å². The van der Waals surface area contributed by atoms with Gasteiger partial charge in [0, 0.05) is 37.1 Å². The van der Waals surface area contributed by atoms with Gasteiger partial charge >= 0.3 is 18.2 Å². The number of hydrogen-bond acceptors (Lipinski definition) is 8. The standard InChI is InChI=1S/C33H37F3N8O4/c1-21-10-11-23(14-22(21)2)19-43(3)13-6-5-12-37-32(47)39-28-17-25(15-26(18-28)30-40-41-42-44(30)4)24-8-7-9-27(16-24)38-29(45)20-48-31(46)33(34,35)36/h7-11,14-18H,5-6,12-13,19-20H2,1-4H3,(H,38,45)(H2,37,39,47). The second-order valence-corrected chi connectivity index (χ2v) is 11.4. The molecular formula is C33H37F3N8O4. The number of amides is 3. The minimum atomic E-state index is -5.20. The highest BCUT2D eigenvalue weighted by atomic mass is 19.4. The number of carbonyl (C=O) groups excluding carboxylic acids is 3. The first-order valence-corrected chi connectivity index (χ1v) is 15.1. The van der Waals surface area contributed by atoms with E-state index in [4.69, 9.17) is 0 Å². The van der Waals surface area contributed by atoms with E-state index >= 15 is 0 Å². The van der Waals surface area contributed by atoms with Gasteiger partial charge < -0.3 is 25.6 Å². The van der Waals surface area contributed by atoms with Crippen molar-refractivity contribution in [3.05, 3.63) is 77.4 Å². The fourth-order valence-electron chi connectivity index (χ4n) is 4.83. The fraction of sp³-hybridized carbons (Fsp3) is 0.333. The van der Waals surface area contributed by atoms with Crippen molar-refractivity contribution < 1.29 is 32.3 Å². The molecule has 0 aliphatic heterocycles. The van der Waals surface area contributed by atoms with Crippen molar-refractivity contribution in [3.63, 3.8) is 0 Å². The molecular weight excluding hydrogens is 629 g/mol. The highest BCUT2D eigenvalue weighted by molar-refractivity contribution is 5.94. The van der Waals surface area contributed by atoms with E-state index in [0.717, 1.165) is 25.9 Å². The van der Waals surface area contributed by atoms with Crippen molar-refractivity contribution in [2.75, 3.05) is 37.4 Å². The molecule has 3 N–H and O–H groups in total. The van der Waals surface area contributed by atoms with E-state index in [1.807, 2.05) is 0 Å². The fourth-order valence-corrected chi connectivity index (χ4v) is 4.83. The van der Waals surface area contributed by atoms with Crippen LogP contribution in [0.3, 0.4) is 0 Å². The molecule has 0 radical (unpaired) electrons. The lowest BCUT2D eigenvalue weighted by Gasteiger charge is -2.17. The Morgan fingerprint density at radius 1 is 0.896 bits per heavy atom. The molecule has 0 fully saturated rings. The molecule has 0 atom stereocenters. The molecule has 254 valence electrons. The second-order valence-electron chi connectivity index (χ2n) is 11.4. The summed E-state index contributed by atoms with van der Waals surface area (Å²) in [5, 5.41) is 19.8. The molecule has 0 spiro atoms. The number of ether oxygens (including phenoxy) is 1. The van der Waals surface area contributed by atoms with Crippen molar-refractivity contribution in [2.24, 2.45) is 7.05 Å². The van der Waals surface area contributed by atoms with Gasteiger partial charge in [-0.2, -0.15) is 13.2 Å². The van der Waals surface area contributed by atoms with Gasteiger partial charge in [-0.15, -0.1) is 5.10 Å². The number of aryl methyl sites for hydroxylation is 3. The Hall–Kier alpha value is -5.31. The Balaban J connectivity index is 1.37. The zero-order chi connectivity index (χ0) is 34.8. The van der Waals surface area contributed by atoms with Crippen LogP contribution in [0, 0.1) is 13.8 Å². The number of esters is 1. The van der Waals surface area contributed by atoms with Crippen molar-refractivity contribution in [1.29, 1.82) is 0 Å². The minimum Gasteiger partial charge on any atom is -0.449 e. The number of urea groups is 1. The number of rotatable bonds is 13. The minimum absolute atomic E-state index is 0.248. The smallest absolute Gasteiger partial charge is 0.449 e. The van der Waals surface area contributed by atoms with Gasteiger partial charge in [0.05, 0.1) is 0 Å². The number of alkyl halides is 3. The Morgan fingerprint density at radius 2 is 1.65 bits per heavy atom. The summed E-state index contributed by atoms with van der Waals surface area (Å²) in [5.74, 6) is -2.97. The molecule has 1 heterocycles. The van der Waals surface area contributed by atoms with Gasteiger partial charge in [0.25, 0.3) is 5.91 Å². The van der Waals surface area contributed by atoms with Crippen molar-refractivity contribution in [2.45, 2.75) is 39.4 Å². The average molecular weight is 667 g/mol. The first-order valence-electron chi connectivity index (χ1n) is 15.1. The first-order chi connectivity index (χ1) is 22.8. The topological polar surface area (TPSA) is 143 Å². The van der Waals surface area contributed by atoms with Gasteiger partial charge in [-0.25, -0.2) is 14.3 Å². The van der Waals surface area contributed by atoms with Crippen molar-refractivity contribution in [1.82, 2.24) is 30.4 Å². The lowest BCUT2D eigenvalue weighted by atomic mass is 10.0. The Bertz CT molecular complexity index is 1760. The number of aromatic nitrogens is 4. The van der Waals surface area contributed by atoms with Crippen LogP contribution < -0.4 is 16.0 Å². The van der Waals surface area contributed by atoms with Gasteiger partial charge in [-0.05, 0) is 109 Å². The van der Waals surface area contributed by atoms with E-state index in [1.54, 1.807) is 43.4 Å². The van der Waals surface area contributed by atoms with Crippen molar-refractivity contribution >= 4 is 29.3 Å². The molecule has 0 saturated carbocycles. The SMILES string of the molecule is Cc1ccc(CN(C)CCCCNC(=O)Nc2cc(-c3cccc(NC(=O)COC(=O)C(F)(F)F)c3)cc(-c3nnnn3C)c2)cc1C. The molecule has 4 rings (SSSR count). The maximum atomic E-state index is 12.8. The van der Waals surface area contributed by atoms with E-state index in [0.29, 0.717) is 34.7 Å². The van der Waals surface area contributed by atoms with Gasteiger partial charge in [-0.1, -0.05) is 30.3 Å². The monoisotopic (exact) mass is 666 g/mol. The molecule has 0 aliphatic rings. The molecule has 1 aromatic heterocycles. The lowest BCUT2D eigenvalue weighted by Crippen LogP contribution is -2.30. The summed E-state index contributed by atoms with van der Waals surface area (Å²) in [6.45, 7) is 5.31. The van der Waals surface area contributed by atoms with Crippen LogP contribution in [-0.2, 0) is 27.9 Å². The van der Waals surface area contributed by atoms with Crippen LogP contribution in [0.5, 0.6) is 0 Å². The molecule has 0 bridgehead atoms. The van der Waals surface area contributed by atoms with Crippen LogP contribution >= 0.6 is 0 Å². The molecule has 48 heavy (non-hydrogen) atoms. The third-order valence-corrected chi connectivity index (χ3v) is 7.39. The van der Waals surface area contributed by atoms with E-state index < -0.39 is 30.7 Å². The summed E-state index contributed by atoms with van der Waals surface area (Å²) in [6, 6.07) is 17.8. The van der Waals surface area contributed by atoms with Gasteiger partial charge in [0.15, 0.2) is 12.4 Å². The van der Waals surface area contributed by atoms with E-state index in [9.17, 15) is 27.6 Å². The number of halogens is 3. The van der Waals surface area contributed by atoms with Crippen LogP contribution in [0.2, 0.25) is 0 Å². The Morgan fingerprint density at radius 3 is 2.35 bits per heavy atom. The number of nitrogens with one attached hydrogen (secondary N) is 3. The molecule has 12 nitrogen and oxygen atoms in total. The lowest BCUT2D eigenvalue weighted by molar-refractivity contribution is -0.199. The predicted octanol–water partition coefficient (Wildman–Crippen LogP) is 5.24. The van der Waals surface area contributed by atoms with E-state index in [-0.39, 0.29) is 5.69 Å². The Kier molecular flexibility index (Phi) is 11.8. The van der Waals surface area contributed by atoms with Gasteiger partial charge in [-0.3, -0.25) is 4.79 Å². The van der Waals surface area contributed by atoms with Crippen molar-refractivity contribution in [3.8, 4) is 22.5 Å².